The second kappa shape index (κ2) is 6.49. The maximum atomic E-state index is 13.4. The summed E-state index contributed by atoms with van der Waals surface area (Å²) in [5.74, 6) is 0.411. The molecule has 0 bridgehead atoms. The second-order valence-electron chi connectivity index (χ2n) is 5.54. The fourth-order valence-electron chi connectivity index (χ4n) is 2.89. The Hall–Kier alpha value is -0.930. The number of ether oxygens (including phenoxy) is 1. The van der Waals surface area contributed by atoms with Crippen LogP contribution in [-0.2, 0) is 11.2 Å². The van der Waals surface area contributed by atoms with Crippen LogP contribution in [0.15, 0.2) is 18.2 Å². The predicted molar refractivity (Wildman–Crippen MR) is 75.8 cm³/mol. The van der Waals surface area contributed by atoms with Gasteiger partial charge < -0.3 is 10.1 Å². The van der Waals surface area contributed by atoms with E-state index in [9.17, 15) is 4.39 Å². The van der Waals surface area contributed by atoms with E-state index < -0.39 is 0 Å². The molecule has 19 heavy (non-hydrogen) atoms. The molecule has 1 N–H and O–H groups in total. The first-order valence-corrected chi connectivity index (χ1v) is 7.21. The van der Waals surface area contributed by atoms with Crippen molar-refractivity contribution in [2.75, 3.05) is 13.2 Å². The molecule has 106 valence electrons. The minimum atomic E-state index is -0.156. The van der Waals surface area contributed by atoms with E-state index in [0.29, 0.717) is 5.92 Å². The normalized spacial score (nSPS) is 24.6. The summed E-state index contributed by atoms with van der Waals surface area (Å²) in [4.78, 5) is 0. The van der Waals surface area contributed by atoms with Gasteiger partial charge in [-0.25, -0.2) is 4.39 Å². The van der Waals surface area contributed by atoms with Crippen LogP contribution in [0.3, 0.4) is 0 Å². The molecule has 1 aliphatic heterocycles. The lowest BCUT2D eigenvalue weighted by atomic mass is 9.91. The van der Waals surface area contributed by atoms with Crippen LogP contribution in [0.4, 0.5) is 4.39 Å². The van der Waals surface area contributed by atoms with Gasteiger partial charge in [-0.1, -0.05) is 19.9 Å². The lowest BCUT2D eigenvalue weighted by Crippen LogP contribution is -2.43. The summed E-state index contributed by atoms with van der Waals surface area (Å²) in [6, 6.07) is 5.30. The van der Waals surface area contributed by atoms with E-state index in [-0.39, 0.29) is 18.0 Å². The summed E-state index contributed by atoms with van der Waals surface area (Å²) in [5.41, 5.74) is 2.23. The minimum absolute atomic E-state index is 0.156. The van der Waals surface area contributed by atoms with Gasteiger partial charge in [0, 0.05) is 12.6 Å². The summed E-state index contributed by atoms with van der Waals surface area (Å²) >= 11 is 0. The van der Waals surface area contributed by atoms with Crippen LogP contribution in [-0.4, -0.2) is 25.3 Å². The molecule has 3 atom stereocenters. The van der Waals surface area contributed by atoms with E-state index in [2.05, 4.69) is 19.2 Å². The van der Waals surface area contributed by atoms with Gasteiger partial charge >= 0.3 is 0 Å². The van der Waals surface area contributed by atoms with Gasteiger partial charge in [-0.3, -0.25) is 0 Å². The Kier molecular flexibility index (Phi) is 4.94. The van der Waals surface area contributed by atoms with Crippen LogP contribution in [0.1, 0.15) is 31.4 Å². The first kappa shape index (κ1) is 14.5. The van der Waals surface area contributed by atoms with E-state index in [1.54, 1.807) is 6.07 Å². The van der Waals surface area contributed by atoms with Crippen LogP contribution >= 0.6 is 0 Å². The fourth-order valence-corrected chi connectivity index (χ4v) is 2.89. The third kappa shape index (κ3) is 3.54. The van der Waals surface area contributed by atoms with E-state index >= 15 is 0 Å². The van der Waals surface area contributed by atoms with Gasteiger partial charge in [0.2, 0.25) is 0 Å². The summed E-state index contributed by atoms with van der Waals surface area (Å²) in [6.07, 6.45) is 2.18. The molecule has 2 rings (SSSR count). The lowest BCUT2D eigenvalue weighted by molar-refractivity contribution is 0.0614. The number of halogens is 1. The van der Waals surface area contributed by atoms with Crippen LogP contribution < -0.4 is 5.32 Å². The molecule has 2 nitrogen and oxygen atoms in total. The molecule has 1 aromatic carbocycles. The number of hydrogen-bond donors (Lipinski definition) is 1. The van der Waals surface area contributed by atoms with Gasteiger partial charge in [0.1, 0.15) is 5.82 Å². The first-order valence-electron chi connectivity index (χ1n) is 7.21. The van der Waals surface area contributed by atoms with E-state index in [1.807, 2.05) is 13.0 Å². The fraction of sp³-hybridized carbons (Fsp3) is 0.625. The van der Waals surface area contributed by atoms with Crippen molar-refractivity contribution in [3.63, 3.8) is 0 Å². The van der Waals surface area contributed by atoms with Crippen molar-refractivity contribution < 1.29 is 9.13 Å². The van der Waals surface area contributed by atoms with Crippen molar-refractivity contribution in [3.05, 3.63) is 35.1 Å². The van der Waals surface area contributed by atoms with Crippen LogP contribution in [0.25, 0.3) is 0 Å². The minimum Gasteiger partial charge on any atom is -0.376 e. The molecule has 1 aromatic rings. The number of benzene rings is 1. The van der Waals surface area contributed by atoms with Crippen LogP contribution in [0.5, 0.6) is 0 Å². The average molecular weight is 265 g/mol. The van der Waals surface area contributed by atoms with Gasteiger partial charge in [0.25, 0.3) is 0 Å². The molecule has 0 saturated carbocycles. The number of hydrogen-bond acceptors (Lipinski definition) is 2. The van der Waals surface area contributed by atoms with Gasteiger partial charge in [-0.15, -0.1) is 0 Å². The highest BCUT2D eigenvalue weighted by molar-refractivity contribution is 5.27. The Bertz CT molecular complexity index is 421. The first-order chi connectivity index (χ1) is 9.11. The Morgan fingerprint density at radius 2 is 2.26 bits per heavy atom. The van der Waals surface area contributed by atoms with E-state index in [0.717, 1.165) is 37.1 Å². The Morgan fingerprint density at radius 3 is 2.89 bits per heavy atom. The summed E-state index contributed by atoms with van der Waals surface area (Å²) < 4.78 is 19.3. The highest BCUT2D eigenvalue weighted by atomic mass is 19.1. The molecular formula is C16H24FNO. The molecule has 0 spiro atoms. The molecule has 3 unspecified atom stereocenters. The van der Waals surface area contributed by atoms with Crippen molar-refractivity contribution in [1.29, 1.82) is 0 Å². The predicted octanol–water partition coefficient (Wildman–Crippen LogP) is 3.08. The molecule has 1 saturated heterocycles. The SMILES string of the molecule is CCNC(Cc1cc(F)ccc1C)C1OCCC1C. The molecule has 3 heteroatoms. The van der Waals surface area contributed by atoms with E-state index in [4.69, 9.17) is 4.74 Å². The average Bonchev–Trinajstić information content (AvgIpc) is 2.79. The maximum absolute atomic E-state index is 13.4. The molecule has 0 aliphatic carbocycles. The molecule has 0 aromatic heterocycles. The quantitative estimate of drug-likeness (QED) is 0.883. The highest BCUT2D eigenvalue weighted by Crippen LogP contribution is 2.25. The number of nitrogens with one attached hydrogen (secondary N) is 1. The smallest absolute Gasteiger partial charge is 0.123 e. The molecule has 0 radical (unpaired) electrons. The molecule has 0 amide bonds. The zero-order chi connectivity index (χ0) is 13.8. The maximum Gasteiger partial charge on any atom is 0.123 e. The van der Waals surface area contributed by atoms with Crippen molar-refractivity contribution in [2.24, 2.45) is 5.92 Å². The molecule has 1 heterocycles. The van der Waals surface area contributed by atoms with E-state index in [1.165, 1.54) is 6.07 Å². The summed E-state index contributed by atoms with van der Waals surface area (Å²) in [7, 11) is 0. The molecular weight excluding hydrogens is 241 g/mol. The lowest BCUT2D eigenvalue weighted by Gasteiger charge is -2.27. The zero-order valence-electron chi connectivity index (χ0n) is 12.1. The number of rotatable bonds is 5. The molecule has 1 aliphatic rings. The largest absolute Gasteiger partial charge is 0.376 e. The topological polar surface area (TPSA) is 21.3 Å². The van der Waals surface area contributed by atoms with Gasteiger partial charge in [-0.05, 0) is 55.5 Å². The second-order valence-corrected chi connectivity index (χ2v) is 5.54. The number of aryl methyl sites for hydroxylation is 1. The summed E-state index contributed by atoms with van der Waals surface area (Å²) in [5, 5.41) is 3.50. The van der Waals surface area contributed by atoms with Crippen LogP contribution in [0.2, 0.25) is 0 Å². The third-order valence-electron chi connectivity index (χ3n) is 4.06. The Morgan fingerprint density at radius 1 is 1.47 bits per heavy atom. The van der Waals surface area contributed by atoms with Gasteiger partial charge in [0.05, 0.1) is 6.10 Å². The monoisotopic (exact) mass is 265 g/mol. The Labute approximate surface area is 115 Å². The van der Waals surface area contributed by atoms with Crippen molar-refractivity contribution >= 4 is 0 Å². The van der Waals surface area contributed by atoms with Crippen molar-refractivity contribution in [2.45, 2.75) is 45.8 Å². The third-order valence-corrected chi connectivity index (χ3v) is 4.06. The van der Waals surface area contributed by atoms with Gasteiger partial charge in [-0.2, -0.15) is 0 Å². The Balaban J connectivity index is 2.13. The zero-order valence-corrected chi connectivity index (χ0v) is 12.1. The highest BCUT2D eigenvalue weighted by Gasteiger charge is 2.31. The standard InChI is InChI=1S/C16H24FNO/c1-4-18-15(16-12(3)7-8-19-16)10-13-9-14(17)6-5-11(13)2/h5-6,9,12,15-16,18H,4,7-8,10H2,1-3H3. The van der Waals surface area contributed by atoms with Crippen molar-refractivity contribution in [3.8, 4) is 0 Å². The molecule has 1 fully saturated rings. The van der Waals surface area contributed by atoms with Crippen LogP contribution in [0, 0.1) is 18.7 Å². The number of likely N-dealkylation sites (N-methyl/N-ethyl adjacent to an activating group) is 1. The van der Waals surface area contributed by atoms with Crippen molar-refractivity contribution in [1.82, 2.24) is 5.32 Å². The van der Waals surface area contributed by atoms with Gasteiger partial charge in [0.15, 0.2) is 0 Å². The summed E-state index contributed by atoms with van der Waals surface area (Å²) in [6.45, 7) is 8.13.